The lowest BCUT2D eigenvalue weighted by atomic mass is 10.2. The summed E-state index contributed by atoms with van der Waals surface area (Å²) in [7, 11) is 0. The number of benzene rings is 2. The van der Waals surface area contributed by atoms with Gasteiger partial charge in [-0.2, -0.15) is 0 Å². The van der Waals surface area contributed by atoms with Crippen molar-refractivity contribution >= 4 is 27.5 Å². The summed E-state index contributed by atoms with van der Waals surface area (Å²) in [6.07, 6.45) is 3.29. The molecule has 3 rings (SSSR count). The van der Waals surface area contributed by atoms with Crippen LogP contribution in [0.1, 0.15) is 5.56 Å². The highest BCUT2D eigenvalue weighted by Crippen LogP contribution is 2.26. The second-order valence-electron chi connectivity index (χ2n) is 4.74. The average Bonchev–Trinajstić information content (AvgIpc) is 2.90. The van der Waals surface area contributed by atoms with Crippen LogP contribution in [-0.4, -0.2) is 9.55 Å². The molecule has 0 saturated heterocycles. The lowest BCUT2D eigenvalue weighted by Gasteiger charge is -2.11. The molecular formula is C16H10BrClF2N2. The molecule has 0 radical (unpaired) electrons. The van der Waals surface area contributed by atoms with Gasteiger partial charge in [0.25, 0.3) is 0 Å². The lowest BCUT2D eigenvalue weighted by Crippen LogP contribution is -2.04. The van der Waals surface area contributed by atoms with Crippen molar-refractivity contribution in [3.8, 4) is 11.4 Å². The van der Waals surface area contributed by atoms with Crippen molar-refractivity contribution in [2.24, 2.45) is 0 Å². The van der Waals surface area contributed by atoms with Crippen molar-refractivity contribution in [1.29, 1.82) is 0 Å². The van der Waals surface area contributed by atoms with Gasteiger partial charge in [-0.3, -0.25) is 0 Å². The Morgan fingerprint density at radius 3 is 2.73 bits per heavy atom. The second-order valence-corrected chi connectivity index (χ2v) is 6.06. The highest BCUT2D eigenvalue weighted by Gasteiger charge is 2.12. The van der Waals surface area contributed by atoms with Crippen LogP contribution in [0, 0.1) is 11.6 Å². The van der Waals surface area contributed by atoms with E-state index in [0.29, 0.717) is 26.4 Å². The van der Waals surface area contributed by atoms with Crippen LogP contribution in [0.15, 0.2) is 53.3 Å². The predicted molar refractivity (Wildman–Crippen MR) is 85.8 cm³/mol. The summed E-state index contributed by atoms with van der Waals surface area (Å²) in [4.78, 5) is 4.23. The summed E-state index contributed by atoms with van der Waals surface area (Å²) in [6, 6.07) is 9.05. The molecule has 1 aromatic heterocycles. The molecule has 0 atom stereocenters. The second kappa shape index (κ2) is 6.18. The molecule has 0 aliphatic rings. The summed E-state index contributed by atoms with van der Waals surface area (Å²) < 4.78 is 29.8. The molecule has 112 valence electrons. The molecule has 0 N–H and O–H groups in total. The summed E-state index contributed by atoms with van der Waals surface area (Å²) in [5.74, 6) is -0.213. The quantitative estimate of drug-likeness (QED) is 0.601. The van der Waals surface area contributed by atoms with Crippen LogP contribution in [-0.2, 0) is 6.54 Å². The first-order valence-corrected chi connectivity index (χ1v) is 7.62. The molecule has 2 nitrogen and oxygen atoms in total. The lowest BCUT2D eigenvalue weighted by molar-refractivity contribution is 0.600. The Hall–Kier alpha value is -1.72. The first-order chi connectivity index (χ1) is 10.5. The van der Waals surface area contributed by atoms with Crippen LogP contribution in [0.5, 0.6) is 0 Å². The van der Waals surface area contributed by atoms with Crippen molar-refractivity contribution in [2.75, 3.05) is 0 Å². The molecule has 1 heterocycles. The predicted octanol–water partition coefficient (Wildman–Crippen LogP) is 5.29. The number of hydrogen-bond acceptors (Lipinski definition) is 1. The number of imidazole rings is 1. The molecule has 0 fully saturated rings. The van der Waals surface area contributed by atoms with E-state index in [1.165, 1.54) is 18.2 Å². The fraction of sp³-hybridized carbons (Fsp3) is 0.0625. The molecule has 0 amide bonds. The van der Waals surface area contributed by atoms with Crippen LogP contribution >= 0.6 is 27.5 Å². The van der Waals surface area contributed by atoms with Gasteiger partial charge in [-0.1, -0.05) is 33.6 Å². The smallest absolute Gasteiger partial charge is 0.140 e. The van der Waals surface area contributed by atoms with E-state index in [4.69, 9.17) is 11.6 Å². The van der Waals surface area contributed by atoms with Gasteiger partial charge < -0.3 is 4.57 Å². The third-order valence-electron chi connectivity index (χ3n) is 3.23. The van der Waals surface area contributed by atoms with Crippen LogP contribution in [0.25, 0.3) is 11.4 Å². The Morgan fingerprint density at radius 2 is 2.00 bits per heavy atom. The van der Waals surface area contributed by atoms with Gasteiger partial charge in [0.2, 0.25) is 0 Å². The Kier molecular flexibility index (Phi) is 4.27. The summed E-state index contributed by atoms with van der Waals surface area (Å²) >= 11 is 9.31. The zero-order valence-electron chi connectivity index (χ0n) is 11.2. The molecule has 0 unspecified atom stereocenters. The molecule has 0 aliphatic carbocycles. The standard InChI is InChI=1S/C16H10BrClF2N2/c17-11-6-10(7-12(19)8-11)16-21-4-5-22(16)9-13-14(18)2-1-3-15(13)20/h1-8H,9H2. The van der Waals surface area contributed by atoms with Crippen molar-refractivity contribution < 1.29 is 8.78 Å². The van der Waals surface area contributed by atoms with E-state index in [2.05, 4.69) is 20.9 Å². The van der Waals surface area contributed by atoms with Crippen LogP contribution in [0.4, 0.5) is 8.78 Å². The third kappa shape index (κ3) is 3.05. The van der Waals surface area contributed by atoms with Gasteiger partial charge in [-0.05, 0) is 30.3 Å². The zero-order valence-corrected chi connectivity index (χ0v) is 13.6. The summed E-state index contributed by atoms with van der Waals surface area (Å²) in [6.45, 7) is 0.217. The van der Waals surface area contributed by atoms with E-state index in [1.807, 2.05) is 0 Å². The van der Waals surface area contributed by atoms with Gasteiger partial charge in [0, 0.05) is 33.0 Å². The van der Waals surface area contributed by atoms with Crippen molar-refractivity contribution in [3.63, 3.8) is 0 Å². The summed E-state index contributed by atoms with van der Waals surface area (Å²) in [5.41, 5.74) is 0.975. The number of nitrogens with zero attached hydrogens (tertiary/aromatic N) is 2. The van der Waals surface area contributed by atoms with Gasteiger partial charge in [0.05, 0.1) is 6.54 Å². The molecule has 2 aromatic carbocycles. The highest BCUT2D eigenvalue weighted by molar-refractivity contribution is 9.10. The minimum absolute atomic E-state index is 0.217. The average molecular weight is 384 g/mol. The van der Waals surface area contributed by atoms with E-state index in [9.17, 15) is 8.78 Å². The maximum Gasteiger partial charge on any atom is 0.140 e. The molecule has 0 bridgehead atoms. The minimum atomic E-state index is -0.382. The Balaban J connectivity index is 2.02. The minimum Gasteiger partial charge on any atom is -0.326 e. The molecule has 6 heteroatoms. The number of aromatic nitrogens is 2. The molecule has 0 aliphatic heterocycles. The van der Waals surface area contributed by atoms with Crippen LogP contribution in [0.2, 0.25) is 5.02 Å². The molecule has 0 saturated carbocycles. The first kappa shape index (κ1) is 15.2. The monoisotopic (exact) mass is 382 g/mol. The van der Waals surface area contributed by atoms with Gasteiger partial charge >= 0.3 is 0 Å². The van der Waals surface area contributed by atoms with Gasteiger partial charge in [0.1, 0.15) is 17.5 Å². The molecule has 22 heavy (non-hydrogen) atoms. The first-order valence-electron chi connectivity index (χ1n) is 6.45. The molecular weight excluding hydrogens is 374 g/mol. The van der Waals surface area contributed by atoms with Crippen LogP contribution in [0.3, 0.4) is 0 Å². The van der Waals surface area contributed by atoms with Crippen molar-refractivity contribution in [3.05, 3.63) is 75.5 Å². The maximum absolute atomic E-state index is 13.9. The number of hydrogen-bond donors (Lipinski definition) is 0. The Bertz CT molecular complexity index is 792. The molecule has 0 spiro atoms. The normalized spacial score (nSPS) is 10.9. The third-order valence-corrected chi connectivity index (χ3v) is 4.04. The number of rotatable bonds is 3. The fourth-order valence-electron chi connectivity index (χ4n) is 2.23. The van der Waals surface area contributed by atoms with Crippen molar-refractivity contribution in [2.45, 2.75) is 6.54 Å². The fourth-order valence-corrected chi connectivity index (χ4v) is 2.92. The van der Waals surface area contributed by atoms with Crippen LogP contribution < -0.4 is 0 Å². The van der Waals surface area contributed by atoms with E-state index in [1.54, 1.807) is 35.2 Å². The Morgan fingerprint density at radius 1 is 1.18 bits per heavy atom. The maximum atomic E-state index is 13.9. The summed E-state index contributed by atoms with van der Waals surface area (Å²) in [5, 5.41) is 0.347. The highest BCUT2D eigenvalue weighted by atomic mass is 79.9. The SMILES string of the molecule is Fc1cc(Br)cc(-c2nccn2Cc2c(F)cccc2Cl)c1. The van der Waals surface area contributed by atoms with E-state index < -0.39 is 0 Å². The van der Waals surface area contributed by atoms with Gasteiger partial charge in [0.15, 0.2) is 0 Å². The molecule has 3 aromatic rings. The van der Waals surface area contributed by atoms with Gasteiger partial charge in [-0.25, -0.2) is 13.8 Å². The van der Waals surface area contributed by atoms with E-state index in [0.717, 1.165) is 0 Å². The van der Waals surface area contributed by atoms with Crippen molar-refractivity contribution in [1.82, 2.24) is 9.55 Å². The Labute approximate surface area is 139 Å². The zero-order chi connectivity index (χ0) is 15.7. The van der Waals surface area contributed by atoms with E-state index in [-0.39, 0.29) is 18.2 Å². The van der Waals surface area contributed by atoms with E-state index >= 15 is 0 Å². The topological polar surface area (TPSA) is 17.8 Å². The number of halogens is 4. The van der Waals surface area contributed by atoms with Gasteiger partial charge in [-0.15, -0.1) is 0 Å². The largest absolute Gasteiger partial charge is 0.326 e.